The lowest BCUT2D eigenvalue weighted by molar-refractivity contribution is -0.122. The summed E-state index contributed by atoms with van der Waals surface area (Å²) in [6, 6.07) is 1.86. The van der Waals surface area contributed by atoms with Gasteiger partial charge in [0, 0.05) is 31.1 Å². The van der Waals surface area contributed by atoms with Crippen LogP contribution in [0.5, 0.6) is 0 Å². The van der Waals surface area contributed by atoms with Gasteiger partial charge in [-0.1, -0.05) is 13.3 Å². The molecule has 1 atom stereocenters. The molecular formula is C14H23N3OS. The number of carbonyl (C=O) groups excluding carboxylic acids is 1. The smallest absolute Gasteiger partial charge is 0.236 e. The van der Waals surface area contributed by atoms with Gasteiger partial charge >= 0.3 is 0 Å². The van der Waals surface area contributed by atoms with E-state index in [1.807, 2.05) is 18.3 Å². The zero-order chi connectivity index (χ0) is 13.7. The molecule has 5 heteroatoms. The molecule has 19 heavy (non-hydrogen) atoms. The molecule has 0 radical (unpaired) electrons. The van der Waals surface area contributed by atoms with Crippen LogP contribution in [0.2, 0.25) is 0 Å². The Balaban J connectivity index is 1.68. The molecule has 0 bridgehead atoms. The number of nitrogens with two attached hydrogens (primary N) is 1. The molecule has 1 unspecified atom stereocenters. The third-order valence-electron chi connectivity index (χ3n) is 3.55. The summed E-state index contributed by atoms with van der Waals surface area (Å²) in [5.41, 5.74) is 7.22. The summed E-state index contributed by atoms with van der Waals surface area (Å²) in [5.74, 6) is -0.0184. The minimum Gasteiger partial charge on any atom is -0.353 e. The fourth-order valence-corrected chi connectivity index (χ4v) is 3.30. The Labute approximate surface area is 119 Å². The monoisotopic (exact) mass is 281 g/mol. The van der Waals surface area contributed by atoms with Crippen molar-refractivity contribution in [2.75, 3.05) is 19.6 Å². The van der Waals surface area contributed by atoms with Crippen molar-refractivity contribution < 1.29 is 4.79 Å². The second-order valence-electron chi connectivity index (χ2n) is 5.08. The van der Waals surface area contributed by atoms with E-state index in [-0.39, 0.29) is 11.9 Å². The summed E-state index contributed by atoms with van der Waals surface area (Å²) >= 11 is 1.85. The maximum atomic E-state index is 11.7. The molecule has 1 amide bonds. The molecule has 1 aromatic rings. The van der Waals surface area contributed by atoms with Gasteiger partial charge in [0.15, 0.2) is 0 Å². The van der Waals surface area contributed by atoms with Crippen LogP contribution in [0.4, 0.5) is 0 Å². The summed E-state index contributed by atoms with van der Waals surface area (Å²) in [7, 11) is 0. The van der Waals surface area contributed by atoms with Crippen LogP contribution in [0, 0.1) is 0 Å². The van der Waals surface area contributed by atoms with Crippen molar-refractivity contribution in [3.05, 3.63) is 21.9 Å². The number of hydrogen-bond donors (Lipinski definition) is 2. The number of rotatable bonds is 6. The minimum absolute atomic E-state index is 0.0184. The second kappa shape index (κ2) is 7.03. The van der Waals surface area contributed by atoms with Crippen LogP contribution in [0.1, 0.15) is 30.2 Å². The molecule has 2 rings (SSSR count). The first-order valence-electron chi connectivity index (χ1n) is 7.01. The molecule has 0 saturated heterocycles. The van der Waals surface area contributed by atoms with Gasteiger partial charge in [-0.2, -0.15) is 0 Å². The predicted molar refractivity (Wildman–Crippen MR) is 79.2 cm³/mol. The number of hydrogen-bond acceptors (Lipinski definition) is 4. The first-order chi connectivity index (χ1) is 9.20. The molecule has 1 aliphatic rings. The van der Waals surface area contributed by atoms with Gasteiger partial charge in [-0.25, -0.2) is 0 Å². The molecule has 4 nitrogen and oxygen atoms in total. The Morgan fingerprint density at radius 1 is 1.63 bits per heavy atom. The zero-order valence-electron chi connectivity index (χ0n) is 11.5. The highest BCUT2D eigenvalue weighted by Gasteiger charge is 2.17. The standard InChI is InChI=1S/C14H23N3OS/c1-2-3-12(15)14(18)16-6-8-17-7-4-13-11(10-17)5-9-19-13/h5,9,12H,2-4,6-8,10,15H2,1H3,(H,16,18). The molecule has 106 valence electrons. The van der Waals surface area contributed by atoms with Crippen molar-refractivity contribution in [2.24, 2.45) is 5.73 Å². The quantitative estimate of drug-likeness (QED) is 0.827. The average Bonchev–Trinajstić information content (AvgIpc) is 2.86. The van der Waals surface area contributed by atoms with Crippen LogP contribution in [0.25, 0.3) is 0 Å². The van der Waals surface area contributed by atoms with Crippen LogP contribution in [-0.2, 0) is 17.8 Å². The van der Waals surface area contributed by atoms with E-state index < -0.39 is 0 Å². The average molecular weight is 281 g/mol. The minimum atomic E-state index is -0.352. The van der Waals surface area contributed by atoms with E-state index in [9.17, 15) is 4.79 Å². The molecule has 3 N–H and O–H groups in total. The zero-order valence-corrected chi connectivity index (χ0v) is 12.3. The van der Waals surface area contributed by atoms with Gasteiger partial charge in [0.25, 0.3) is 0 Å². The largest absolute Gasteiger partial charge is 0.353 e. The number of amides is 1. The Morgan fingerprint density at radius 3 is 3.26 bits per heavy atom. The normalized spacial score (nSPS) is 16.9. The van der Waals surface area contributed by atoms with Gasteiger partial charge in [0.2, 0.25) is 5.91 Å². The Morgan fingerprint density at radius 2 is 2.47 bits per heavy atom. The van der Waals surface area contributed by atoms with Gasteiger partial charge in [-0.05, 0) is 29.9 Å². The van der Waals surface area contributed by atoms with Gasteiger partial charge in [0.1, 0.15) is 0 Å². The Hall–Kier alpha value is -0.910. The lowest BCUT2D eigenvalue weighted by Gasteiger charge is -2.26. The van der Waals surface area contributed by atoms with Crippen LogP contribution in [-0.4, -0.2) is 36.5 Å². The van der Waals surface area contributed by atoms with Crippen molar-refractivity contribution in [1.29, 1.82) is 0 Å². The van der Waals surface area contributed by atoms with Crippen LogP contribution >= 0.6 is 11.3 Å². The van der Waals surface area contributed by atoms with Crippen molar-refractivity contribution in [3.8, 4) is 0 Å². The predicted octanol–water partition coefficient (Wildman–Crippen LogP) is 1.35. The first-order valence-corrected chi connectivity index (χ1v) is 7.89. The topological polar surface area (TPSA) is 58.4 Å². The first kappa shape index (κ1) is 14.5. The molecule has 0 saturated carbocycles. The van der Waals surface area contributed by atoms with E-state index in [1.54, 1.807) is 0 Å². The molecule has 0 aromatic carbocycles. The number of nitrogens with zero attached hydrogens (tertiary/aromatic N) is 1. The van der Waals surface area contributed by atoms with Gasteiger partial charge < -0.3 is 11.1 Å². The van der Waals surface area contributed by atoms with E-state index in [0.29, 0.717) is 6.54 Å². The van der Waals surface area contributed by atoms with Gasteiger partial charge in [-0.3, -0.25) is 9.69 Å². The number of fused-ring (bicyclic) bond motifs is 1. The summed E-state index contributed by atoms with van der Waals surface area (Å²) in [5, 5.41) is 5.10. The van der Waals surface area contributed by atoms with Crippen LogP contribution < -0.4 is 11.1 Å². The molecule has 2 heterocycles. The lowest BCUT2D eigenvalue weighted by atomic mass is 10.1. The SMILES string of the molecule is CCCC(N)C(=O)NCCN1CCc2sccc2C1. The molecule has 1 aromatic heterocycles. The highest BCUT2D eigenvalue weighted by atomic mass is 32.1. The van der Waals surface area contributed by atoms with Crippen LogP contribution in [0.15, 0.2) is 11.4 Å². The second-order valence-corrected chi connectivity index (χ2v) is 6.08. The Bertz CT molecular complexity index is 419. The van der Waals surface area contributed by atoms with E-state index in [1.165, 1.54) is 10.4 Å². The molecular weight excluding hydrogens is 258 g/mol. The summed E-state index contributed by atoms with van der Waals surface area (Å²) in [4.78, 5) is 15.6. The maximum absolute atomic E-state index is 11.7. The third-order valence-corrected chi connectivity index (χ3v) is 4.57. The van der Waals surface area contributed by atoms with E-state index in [2.05, 4.69) is 21.7 Å². The number of thiophene rings is 1. The molecule has 0 aliphatic carbocycles. The lowest BCUT2D eigenvalue weighted by Crippen LogP contribution is -2.44. The fourth-order valence-electron chi connectivity index (χ4n) is 2.41. The molecule has 1 aliphatic heterocycles. The number of nitrogens with one attached hydrogen (secondary N) is 1. The van der Waals surface area contributed by atoms with Crippen molar-refractivity contribution >= 4 is 17.2 Å². The summed E-state index contributed by atoms with van der Waals surface area (Å²) in [6.45, 7) is 5.73. The maximum Gasteiger partial charge on any atom is 0.236 e. The highest BCUT2D eigenvalue weighted by molar-refractivity contribution is 7.10. The summed E-state index contributed by atoms with van der Waals surface area (Å²) < 4.78 is 0. The number of carbonyl (C=O) groups is 1. The summed E-state index contributed by atoms with van der Waals surface area (Å²) in [6.07, 6.45) is 2.84. The Kier molecular flexibility index (Phi) is 5.36. The van der Waals surface area contributed by atoms with E-state index >= 15 is 0 Å². The van der Waals surface area contributed by atoms with Gasteiger partial charge in [0.05, 0.1) is 6.04 Å². The van der Waals surface area contributed by atoms with Gasteiger partial charge in [-0.15, -0.1) is 11.3 Å². The third kappa shape index (κ3) is 4.03. The fraction of sp³-hybridized carbons (Fsp3) is 0.643. The van der Waals surface area contributed by atoms with Crippen molar-refractivity contribution in [1.82, 2.24) is 10.2 Å². The van der Waals surface area contributed by atoms with E-state index in [4.69, 9.17) is 5.73 Å². The van der Waals surface area contributed by atoms with E-state index in [0.717, 1.165) is 38.9 Å². The molecule has 0 fully saturated rings. The van der Waals surface area contributed by atoms with Crippen molar-refractivity contribution in [2.45, 2.75) is 38.8 Å². The van der Waals surface area contributed by atoms with Crippen molar-refractivity contribution in [3.63, 3.8) is 0 Å². The van der Waals surface area contributed by atoms with Crippen LogP contribution in [0.3, 0.4) is 0 Å². The highest BCUT2D eigenvalue weighted by Crippen LogP contribution is 2.23. The molecule has 0 spiro atoms.